The van der Waals surface area contributed by atoms with Crippen molar-refractivity contribution in [3.63, 3.8) is 0 Å². The van der Waals surface area contributed by atoms with Crippen LogP contribution in [-0.4, -0.2) is 22.1 Å². The Morgan fingerprint density at radius 2 is 2.10 bits per heavy atom. The van der Waals surface area contributed by atoms with Gasteiger partial charge in [0, 0.05) is 18.7 Å². The molecule has 4 nitrogen and oxygen atoms in total. The van der Waals surface area contributed by atoms with Crippen LogP contribution in [-0.2, 0) is 6.61 Å². The third-order valence-electron chi connectivity index (χ3n) is 3.09. The topological polar surface area (TPSA) is 49.2 Å². The van der Waals surface area contributed by atoms with Gasteiger partial charge >= 0.3 is 0 Å². The van der Waals surface area contributed by atoms with Crippen molar-refractivity contribution in [3.05, 3.63) is 47.8 Å². The Kier molecular flexibility index (Phi) is 4.29. The van der Waals surface area contributed by atoms with Crippen LogP contribution in [0.2, 0.25) is 0 Å². The van der Waals surface area contributed by atoms with Crippen molar-refractivity contribution in [1.29, 1.82) is 0 Å². The van der Waals surface area contributed by atoms with E-state index in [4.69, 9.17) is 0 Å². The van der Waals surface area contributed by atoms with Gasteiger partial charge in [0.05, 0.1) is 24.2 Å². The molecule has 2 rings (SSSR count). The molecule has 0 atom stereocenters. The number of halogens is 1. The van der Waals surface area contributed by atoms with Gasteiger partial charge in [-0.2, -0.15) is 0 Å². The average Bonchev–Trinajstić information content (AvgIpc) is 2.45. The third-order valence-corrected chi connectivity index (χ3v) is 3.09. The predicted octanol–water partition coefficient (Wildman–Crippen LogP) is 3.00. The summed E-state index contributed by atoms with van der Waals surface area (Å²) in [5.74, 6) is 0.568. The van der Waals surface area contributed by atoms with Gasteiger partial charge in [-0.25, -0.2) is 14.4 Å². The van der Waals surface area contributed by atoms with Crippen molar-refractivity contribution >= 4 is 11.4 Å². The van der Waals surface area contributed by atoms with Crippen LogP contribution >= 0.6 is 0 Å². The first kappa shape index (κ1) is 14.4. The number of aliphatic hydroxyl groups is 1. The normalized spacial score (nSPS) is 10.9. The molecule has 0 aliphatic carbocycles. The largest absolute Gasteiger partial charge is 0.390 e. The molecule has 1 heterocycles. The molecule has 20 heavy (non-hydrogen) atoms. The second-order valence-corrected chi connectivity index (χ2v) is 4.91. The van der Waals surface area contributed by atoms with Gasteiger partial charge in [0.15, 0.2) is 0 Å². The highest BCUT2D eigenvalue weighted by atomic mass is 19.1. The molecule has 0 amide bonds. The summed E-state index contributed by atoms with van der Waals surface area (Å²) in [6, 6.07) is 6.25. The summed E-state index contributed by atoms with van der Waals surface area (Å²) in [5, 5.41) is 9.48. The molecular weight excluding hydrogens is 257 g/mol. The molecule has 0 unspecified atom stereocenters. The molecule has 0 spiro atoms. The monoisotopic (exact) mass is 275 g/mol. The molecule has 1 aromatic heterocycles. The number of aliphatic hydroxyl groups excluding tert-OH is 1. The molecule has 0 radical (unpaired) electrons. The second-order valence-electron chi connectivity index (χ2n) is 4.91. The van der Waals surface area contributed by atoms with E-state index in [0.717, 1.165) is 0 Å². The maximum atomic E-state index is 13.3. The Hall–Kier alpha value is -2.01. The van der Waals surface area contributed by atoms with Crippen molar-refractivity contribution in [2.24, 2.45) is 0 Å². The van der Waals surface area contributed by atoms with Gasteiger partial charge in [0.1, 0.15) is 11.6 Å². The molecule has 2 aromatic rings. The summed E-state index contributed by atoms with van der Waals surface area (Å²) in [6.45, 7) is 3.80. The standard InChI is InChI=1S/C15H18FN3O/c1-10(2)15-17-8-14(13(9-20)18-15)19(3)12-6-4-5-11(16)7-12/h4-8,10,20H,9H2,1-3H3. The molecule has 0 saturated heterocycles. The summed E-state index contributed by atoms with van der Waals surface area (Å²) in [4.78, 5) is 10.4. The first-order valence-electron chi connectivity index (χ1n) is 6.49. The fraction of sp³-hybridized carbons (Fsp3) is 0.333. The summed E-state index contributed by atoms with van der Waals surface area (Å²) in [5.41, 5.74) is 1.89. The molecule has 1 N–H and O–H groups in total. The predicted molar refractivity (Wildman–Crippen MR) is 76.5 cm³/mol. The Balaban J connectivity index is 2.41. The number of anilines is 2. The fourth-order valence-electron chi connectivity index (χ4n) is 1.92. The van der Waals surface area contributed by atoms with Crippen LogP contribution in [0.5, 0.6) is 0 Å². The van der Waals surface area contributed by atoms with Gasteiger partial charge in [0.2, 0.25) is 0 Å². The van der Waals surface area contributed by atoms with E-state index < -0.39 is 0 Å². The summed E-state index contributed by atoms with van der Waals surface area (Å²) in [6.07, 6.45) is 1.67. The third kappa shape index (κ3) is 2.93. The van der Waals surface area contributed by atoms with Crippen LogP contribution in [0.15, 0.2) is 30.5 Å². The van der Waals surface area contributed by atoms with E-state index in [9.17, 15) is 9.50 Å². The lowest BCUT2D eigenvalue weighted by Crippen LogP contribution is -2.15. The van der Waals surface area contributed by atoms with E-state index in [1.807, 2.05) is 13.8 Å². The van der Waals surface area contributed by atoms with E-state index in [2.05, 4.69) is 9.97 Å². The van der Waals surface area contributed by atoms with E-state index in [0.29, 0.717) is 22.9 Å². The lowest BCUT2D eigenvalue weighted by molar-refractivity contribution is 0.276. The quantitative estimate of drug-likeness (QED) is 0.932. The average molecular weight is 275 g/mol. The minimum atomic E-state index is -0.306. The van der Waals surface area contributed by atoms with Crippen LogP contribution in [0.4, 0.5) is 15.8 Å². The van der Waals surface area contributed by atoms with Gasteiger partial charge in [-0.1, -0.05) is 19.9 Å². The van der Waals surface area contributed by atoms with Crippen molar-refractivity contribution < 1.29 is 9.50 Å². The van der Waals surface area contributed by atoms with Crippen LogP contribution in [0, 0.1) is 5.82 Å². The Bertz CT molecular complexity index is 601. The minimum Gasteiger partial charge on any atom is -0.390 e. The van der Waals surface area contributed by atoms with Crippen LogP contribution < -0.4 is 4.90 Å². The SMILES string of the molecule is CC(C)c1ncc(N(C)c2cccc(F)c2)c(CO)n1. The highest BCUT2D eigenvalue weighted by Gasteiger charge is 2.14. The zero-order valence-corrected chi connectivity index (χ0v) is 11.8. The number of rotatable bonds is 4. The molecule has 0 bridgehead atoms. The van der Waals surface area contributed by atoms with E-state index >= 15 is 0 Å². The molecular formula is C15H18FN3O. The van der Waals surface area contributed by atoms with E-state index in [1.54, 1.807) is 30.3 Å². The van der Waals surface area contributed by atoms with Gasteiger partial charge in [-0.05, 0) is 18.2 Å². The van der Waals surface area contributed by atoms with Gasteiger partial charge in [-0.15, -0.1) is 0 Å². The second kappa shape index (κ2) is 5.96. The summed E-state index contributed by atoms with van der Waals surface area (Å²) < 4.78 is 13.3. The van der Waals surface area contributed by atoms with Crippen molar-refractivity contribution in [1.82, 2.24) is 9.97 Å². The number of hydrogen-bond acceptors (Lipinski definition) is 4. The molecule has 5 heteroatoms. The van der Waals surface area contributed by atoms with Gasteiger partial charge in [-0.3, -0.25) is 0 Å². The Labute approximate surface area is 117 Å². The van der Waals surface area contributed by atoms with Gasteiger partial charge in [0.25, 0.3) is 0 Å². The lowest BCUT2D eigenvalue weighted by atomic mass is 10.2. The number of aromatic nitrogens is 2. The van der Waals surface area contributed by atoms with Gasteiger partial charge < -0.3 is 10.0 Å². The molecule has 0 saturated carbocycles. The number of benzene rings is 1. The lowest BCUT2D eigenvalue weighted by Gasteiger charge is -2.21. The van der Waals surface area contributed by atoms with Crippen molar-refractivity contribution in [2.45, 2.75) is 26.4 Å². The zero-order chi connectivity index (χ0) is 14.7. The van der Waals surface area contributed by atoms with Crippen LogP contribution in [0.3, 0.4) is 0 Å². The zero-order valence-electron chi connectivity index (χ0n) is 11.8. The summed E-state index contributed by atoms with van der Waals surface area (Å²) in [7, 11) is 1.79. The van der Waals surface area contributed by atoms with Crippen LogP contribution in [0.1, 0.15) is 31.3 Å². The molecule has 1 aromatic carbocycles. The molecule has 0 fully saturated rings. The highest BCUT2D eigenvalue weighted by Crippen LogP contribution is 2.27. The maximum absolute atomic E-state index is 13.3. The highest BCUT2D eigenvalue weighted by molar-refractivity contribution is 5.63. The fourth-order valence-corrected chi connectivity index (χ4v) is 1.92. The van der Waals surface area contributed by atoms with Crippen LogP contribution in [0.25, 0.3) is 0 Å². The van der Waals surface area contributed by atoms with E-state index in [-0.39, 0.29) is 18.3 Å². The van der Waals surface area contributed by atoms with E-state index in [1.165, 1.54) is 12.1 Å². The smallest absolute Gasteiger partial charge is 0.131 e. The minimum absolute atomic E-state index is 0.183. The van der Waals surface area contributed by atoms with Crippen molar-refractivity contribution in [3.8, 4) is 0 Å². The Morgan fingerprint density at radius 3 is 2.70 bits per heavy atom. The first-order chi connectivity index (χ1) is 9.52. The molecule has 0 aliphatic rings. The first-order valence-corrected chi connectivity index (χ1v) is 6.49. The Morgan fingerprint density at radius 1 is 1.35 bits per heavy atom. The molecule has 0 aliphatic heterocycles. The van der Waals surface area contributed by atoms with Crippen molar-refractivity contribution in [2.75, 3.05) is 11.9 Å². The number of hydrogen-bond donors (Lipinski definition) is 1. The summed E-state index contributed by atoms with van der Waals surface area (Å²) >= 11 is 0. The molecule has 106 valence electrons. The number of nitrogens with zero attached hydrogens (tertiary/aromatic N) is 3. The maximum Gasteiger partial charge on any atom is 0.131 e.